The molecule has 3 rings (SSSR count). The van der Waals surface area contributed by atoms with E-state index in [4.69, 9.17) is 4.74 Å². The topological polar surface area (TPSA) is 33.0 Å². The van der Waals surface area contributed by atoms with E-state index in [0.717, 1.165) is 27.5 Å². The number of benzene rings is 2. The van der Waals surface area contributed by atoms with Crippen LogP contribution in [0.25, 0.3) is 11.1 Å². The Morgan fingerprint density at radius 1 is 1.20 bits per heavy atom. The highest BCUT2D eigenvalue weighted by Gasteiger charge is 2.20. The Bertz CT molecular complexity index is 923. The molecule has 0 unspecified atom stereocenters. The minimum absolute atomic E-state index is 0.717. The number of thioether (sulfide) groups is 1. The summed E-state index contributed by atoms with van der Waals surface area (Å²) in [7, 11) is 1.65. The van der Waals surface area contributed by atoms with Crippen LogP contribution in [0.4, 0.5) is 0 Å². The van der Waals surface area contributed by atoms with E-state index in [1.165, 1.54) is 22.2 Å². The molecule has 0 aliphatic heterocycles. The molecule has 0 amide bonds. The van der Waals surface area contributed by atoms with Gasteiger partial charge in [-0.1, -0.05) is 60.8 Å². The van der Waals surface area contributed by atoms with Crippen LogP contribution < -0.4 is 4.74 Å². The van der Waals surface area contributed by atoms with Crippen molar-refractivity contribution in [1.29, 1.82) is 5.26 Å². The molecule has 3 aromatic rings. The van der Waals surface area contributed by atoms with Crippen LogP contribution in [0.15, 0.2) is 70.8 Å². The zero-order valence-corrected chi connectivity index (χ0v) is 15.5. The second-order valence-corrected chi connectivity index (χ2v) is 7.69. The third-order valence-electron chi connectivity index (χ3n) is 3.82. The maximum atomic E-state index is 9.77. The van der Waals surface area contributed by atoms with Gasteiger partial charge in [-0.2, -0.15) is 5.26 Å². The van der Waals surface area contributed by atoms with Crippen LogP contribution in [-0.4, -0.2) is 7.11 Å². The maximum Gasteiger partial charge on any atom is 0.119 e. The molecule has 0 atom stereocenters. The Morgan fingerprint density at radius 3 is 2.68 bits per heavy atom. The lowest BCUT2D eigenvalue weighted by atomic mass is 9.99. The molecule has 4 heteroatoms. The molecular weight excluding hydrogens is 346 g/mol. The van der Waals surface area contributed by atoms with Crippen molar-refractivity contribution in [3.05, 3.63) is 82.6 Å². The number of rotatable bonds is 6. The van der Waals surface area contributed by atoms with Gasteiger partial charge in [0.15, 0.2) is 0 Å². The van der Waals surface area contributed by atoms with Crippen LogP contribution in [0.3, 0.4) is 0 Å². The molecule has 2 aromatic carbocycles. The molecule has 2 nitrogen and oxygen atoms in total. The highest BCUT2D eigenvalue weighted by atomic mass is 32.2. The largest absolute Gasteiger partial charge is 0.497 e. The molecule has 1 heterocycles. The molecule has 124 valence electrons. The number of nitrogens with zero attached hydrogens (tertiary/aromatic N) is 1. The van der Waals surface area contributed by atoms with Gasteiger partial charge in [0.25, 0.3) is 0 Å². The molecule has 25 heavy (non-hydrogen) atoms. The standard InChI is InChI=1S/C21H17NOS2/c1-3-24-21-18(14-22)20(16-10-7-11-17(13-16)23-2)19(25-21)12-15-8-5-4-6-9-15/h3-11,13H,1,12H2,2H3. The van der Waals surface area contributed by atoms with E-state index in [0.29, 0.717) is 5.56 Å². The van der Waals surface area contributed by atoms with Gasteiger partial charge in [-0.25, -0.2) is 0 Å². The van der Waals surface area contributed by atoms with Gasteiger partial charge in [-0.15, -0.1) is 11.3 Å². The van der Waals surface area contributed by atoms with Crippen molar-refractivity contribution in [3.8, 4) is 22.9 Å². The van der Waals surface area contributed by atoms with Crippen molar-refractivity contribution in [1.82, 2.24) is 0 Å². The summed E-state index contributed by atoms with van der Waals surface area (Å²) in [4.78, 5) is 1.18. The summed E-state index contributed by atoms with van der Waals surface area (Å²) in [6, 6.07) is 20.6. The van der Waals surface area contributed by atoms with E-state index in [9.17, 15) is 5.26 Å². The molecule has 0 aliphatic rings. The van der Waals surface area contributed by atoms with E-state index in [-0.39, 0.29) is 0 Å². The molecular formula is C21H17NOS2. The van der Waals surface area contributed by atoms with Gasteiger partial charge < -0.3 is 4.74 Å². The number of hydrogen-bond donors (Lipinski definition) is 0. The van der Waals surface area contributed by atoms with Crippen molar-refractivity contribution in [3.63, 3.8) is 0 Å². The van der Waals surface area contributed by atoms with Crippen LogP contribution in [0.5, 0.6) is 5.75 Å². The average Bonchev–Trinajstić information content (AvgIpc) is 2.99. The van der Waals surface area contributed by atoms with Crippen LogP contribution >= 0.6 is 23.1 Å². The zero-order valence-electron chi connectivity index (χ0n) is 13.9. The third-order valence-corrected chi connectivity index (χ3v) is 5.92. The van der Waals surface area contributed by atoms with Crippen molar-refractivity contribution in [2.75, 3.05) is 7.11 Å². The summed E-state index contributed by atoms with van der Waals surface area (Å²) in [6.45, 7) is 3.79. The lowest BCUT2D eigenvalue weighted by molar-refractivity contribution is 0.415. The second kappa shape index (κ2) is 8.06. The van der Waals surface area contributed by atoms with E-state index in [2.05, 4.69) is 24.8 Å². The monoisotopic (exact) mass is 363 g/mol. The van der Waals surface area contributed by atoms with Gasteiger partial charge >= 0.3 is 0 Å². The SMILES string of the molecule is C=CSc1sc(Cc2ccccc2)c(-c2cccc(OC)c2)c1C#N. The molecule has 0 spiro atoms. The first-order valence-corrected chi connectivity index (χ1v) is 9.48. The van der Waals surface area contributed by atoms with E-state index in [1.54, 1.807) is 23.9 Å². The smallest absolute Gasteiger partial charge is 0.119 e. The lowest BCUT2D eigenvalue weighted by Crippen LogP contribution is -1.90. The first kappa shape index (κ1) is 17.3. The fourth-order valence-electron chi connectivity index (χ4n) is 2.71. The molecule has 0 N–H and O–H groups in total. The number of nitriles is 1. The summed E-state index contributed by atoms with van der Waals surface area (Å²) >= 11 is 3.17. The Balaban J connectivity index is 2.16. The molecule has 0 saturated carbocycles. The molecule has 0 bridgehead atoms. The number of thiophene rings is 1. The predicted octanol–water partition coefficient (Wildman–Crippen LogP) is 6.12. The van der Waals surface area contributed by atoms with E-state index < -0.39 is 0 Å². The van der Waals surface area contributed by atoms with Crippen molar-refractivity contribution >= 4 is 23.1 Å². The van der Waals surface area contributed by atoms with Gasteiger partial charge in [0.1, 0.15) is 11.8 Å². The van der Waals surface area contributed by atoms with Crippen LogP contribution in [-0.2, 0) is 6.42 Å². The van der Waals surface area contributed by atoms with Crippen molar-refractivity contribution < 1.29 is 4.74 Å². The van der Waals surface area contributed by atoms with Gasteiger partial charge in [-0.05, 0) is 28.7 Å². The average molecular weight is 364 g/mol. The molecule has 1 aromatic heterocycles. The Kier molecular flexibility index (Phi) is 5.60. The number of methoxy groups -OCH3 is 1. The number of hydrogen-bond acceptors (Lipinski definition) is 4. The summed E-state index contributed by atoms with van der Waals surface area (Å²) in [5, 5.41) is 11.5. The van der Waals surface area contributed by atoms with Crippen LogP contribution in [0, 0.1) is 11.3 Å². The van der Waals surface area contributed by atoms with Gasteiger partial charge in [-0.3, -0.25) is 0 Å². The Labute approximate surface area is 156 Å². The van der Waals surface area contributed by atoms with Gasteiger partial charge in [0.2, 0.25) is 0 Å². The highest BCUT2D eigenvalue weighted by molar-refractivity contribution is 8.03. The van der Waals surface area contributed by atoms with Gasteiger partial charge in [0, 0.05) is 16.9 Å². The zero-order chi connectivity index (χ0) is 17.6. The summed E-state index contributed by atoms with van der Waals surface area (Å²) in [6.07, 6.45) is 0.796. The normalized spacial score (nSPS) is 10.2. The fraction of sp³-hybridized carbons (Fsp3) is 0.0952. The molecule has 0 fully saturated rings. The van der Waals surface area contributed by atoms with Crippen LogP contribution in [0.1, 0.15) is 16.0 Å². The van der Waals surface area contributed by atoms with Gasteiger partial charge in [0.05, 0.1) is 16.9 Å². The lowest BCUT2D eigenvalue weighted by Gasteiger charge is -2.07. The minimum Gasteiger partial charge on any atom is -0.497 e. The third kappa shape index (κ3) is 3.79. The minimum atomic E-state index is 0.717. The second-order valence-electron chi connectivity index (χ2n) is 5.35. The van der Waals surface area contributed by atoms with Crippen molar-refractivity contribution in [2.45, 2.75) is 10.6 Å². The van der Waals surface area contributed by atoms with E-state index in [1.807, 2.05) is 42.5 Å². The summed E-state index contributed by atoms with van der Waals surface area (Å²) in [5.74, 6) is 0.788. The first-order valence-electron chi connectivity index (χ1n) is 7.78. The molecule has 0 saturated heterocycles. The Hall–Kier alpha value is -2.48. The van der Waals surface area contributed by atoms with E-state index >= 15 is 0 Å². The summed E-state index contributed by atoms with van der Waals surface area (Å²) in [5.41, 5.74) is 3.95. The quantitative estimate of drug-likeness (QED) is 0.494. The predicted molar refractivity (Wildman–Crippen MR) is 106 cm³/mol. The Morgan fingerprint density at radius 2 is 2.00 bits per heavy atom. The van der Waals surface area contributed by atoms with Crippen molar-refractivity contribution in [2.24, 2.45) is 0 Å². The summed E-state index contributed by atoms with van der Waals surface area (Å²) < 4.78 is 6.35. The highest BCUT2D eigenvalue weighted by Crippen LogP contribution is 2.43. The molecule has 0 aliphatic carbocycles. The number of ether oxygens (including phenoxy) is 1. The maximum absolute atomic E-state index is 9.77. The molecule has 0 radical (unpaired) electrons. The van der Waals surface area contributed by atoms with Crippen LogP contribution in [0.2, 0.25) is 0 Å². The fourth-order valence-corrected chi connectivity index (χ4v) is 4.85. The first-order chi connectivity index (χ1) is 12.3.